The smallest absolute Gasteiger partial charge is 0.324 e. The minimum Gasteiger partial charge on any atom is -0.324 e. The molecular weight excluding hydrogens is 313 g/mol. The van der Waals surface area contributed by atoms with Gasteiger partial charge in [0.05, 0.1) is 10.8 Å². The predicted octanol–water partition coefficient (Wildman–Crippen LogP) is 3.28. The minimum atomic E-state index is -4.34. The van der Waals surface area contributed by atoms with Crippen molar-refractivity contribution >= 4 is 17.7 Å². The van der Waals surface area contributed by atoms with Crippen LogP contribution in [0.3, 0.4) is 0 Å². The van der Waals surface area contributed by atoms with Crippen molar-refractivity contribution in [2.75, 3.05) is 19.6 Å². The molecule has 2 unspecified atom stereocenters. The molecule has 1 N–H and O–H groups in total. The lowest BCUT2D eigenvalue weighted by Gasteiger charge is -2.24. The number of hydrogen-bond donors (Lipinski definition) is 1. The zero-order valence-electron chi connectivity index (χ0n) is 12.5. The molecule has 7 heteroatoms. The molecule has 2 rings (SSSR count). The highest BCUT2D eigenvalue weighted by molar-refractivity contribution is 8.01. The molecule has 1 aliphatic heterocycles. The van der Waals surface area contributed by atoms with E-state index in [4.69, 9.17) is 0 Å². The van der Waals surface area contributed by atoms with Gasteiger partial charge in [-0.3, -0.25) is 4.79 Å². The number of carbonyl (C=O) groups excluding carboxylic acids is 1. The van der Waals surface area contributed by atoms with Gasteiger partial charge in [0, 0.05) is 13.1 Å². The highest BCUT2D eigenvalue weighted by Crippen LogP contribution is 2.43. The molecule has 1 aliphatic rings. The molecule has 0 aliphatic carbocycles. The van der Waals surface area contributed by atoms with Gasteiger partial charge in [0.25, 0.3) is 0 Å². The second-order valence-corrected chi connectivity index (χ2v) is 6.56. The number of nitrogens with zero attached hydrogens (tertiary/aromatic N) is 1. The van der Waals surface area contributed by atoms with Crippen LogP contribution in [-0.4, -0.2) is 35.7 Å². The van der Waals surface area contributed by atoms with Crippen LogP contribution in [-0.2, 0) is 11.0 Å². The van der Waals surface area contributed by atoms with E-state index in [0.717, 1.165) is 24.2 Å². The SMILES string of the molecule is CCNCCN1C(=O)C(C)SC1c1ccc(C(F)(F)F)cc1. The van der Waals surface area contributed by atoms with Gasteiger partial charge in [-0.05, 0) is 31.2 Å². The Morgan fingerprint density at radius 3 is 2.45 bits per heavy atom. The number of hydrogen-bond acceptors (Lipinski definition) is 3. The monoisotopic (exact) mass is 332 g/mol. The third-order valence-electron chi connectivity index (χ3n) is 3.55. The number of halogens is 3. The lowest BCUT2D eigenvalue weighted by atomic mass is 10.1. The normalized spacial score (nSPS) is 22.4. The number of thioether (sulfide) groups is 1. The van der Waals surface area contributed by atoms with Crippen LogP contribution in [0.2, 0.25) is 0 Å². The molecule has 1 amide bonds. The van der Waals surface area contributed by atoms with E-state index >= 15 is 0 Å². The van der Waals surface area contributed by atoms with Gasteiger partial charge in [0.15, 0.2) is 0 Å². The summed E-state index contributed by atoms with van der Waals surface area (Å²) >= 11 is 1.47. The van der Waals surface area contributed by atoms with E-state index < -0.39 is 11.7 Å². The quantitative estimate of drug-likeness (QED) is 0.840. The Morgan fingerprint density at radius 2 is 1.91 bits per heavy atom. The van der Waals surface area contributed by atoms with E-state index in [1.807, 2.05) is 13.8 Å². The van der Waals surface area contributed by atoms with Gasteiger partial charge in [0.1, 0.15) is 5.37 Å². The summed E-state index contributed by atoms with van der Waals surface area (Å²) in [6, 6.07) is 5.08. The molecule has 1 aromatic carbocycles. The highest BCUT2D eigenvalue weighted by atomic mass is 32.2. The van der Waals surface area contributed by atoms with E-state index in [9.17, 15) is 18.0 Å². The molecule has 122 valence electrons. The van der Waals surface area contributed by atoms with Gasteiger partial charge in [-0.2, -0.15) is 13.2 Å². The Bertz CT molecular complexity index is 519. The molecule has 3 nitrogen and oxygen atoms in total. The maximum atomic E-state index is 12.6. The second kappa shape index (κ2) is 6.91. The van der Waals surface area contributed by atoms with E-state index in [1.54, 1.807) is 4.90 Å². The summed E-state index contributed by atoms with van der Waals surface area (Å²) in [7, 11) is 0. The summed E-state index contributed by atoms with van der Waals surface area (Å²) in [5, 5.41) is 2.77. The van der Waals surface area contributed by atoms with Gasteiger partial charge in [0.2, 0.25) is 5.91 Å². The van der Waals surface area contributed by atoms with E-state index in [2.05, 4.69) is 5.32 Å². The predicted molar refractivity (Wildman–Crippen MR) is 81.5 cm³/mol. The number of benzene rings is 1. The Labute approximate surface area is 132 Å². The minimum absolute atomic E-state index is 0.0350. The first-order valence-electron chi connectivity index (χ1n) is 7.18. The van der Waals surface area contributed by atoms with Crippen molar-refractivity contribution in [3.63, 3.8) is 0 Å². The molecule has 0 bridgehead atoms. The fourth-order valence-electron chi connectivity index (χ4n) is 2.37. The van der Waals surface area contributed by atoms with Crippen molar-refractivity contribution in [1.29, 1.82) is 0 Å². The Kier molecular flexibility index (Phi) is 5.39. The largest absolute Gasteiger partial charge is 0.416 e. The molecule has 1 heterocycles. The molecule has 0 saturated carbocycles. The van der Waals surface area contributed by atoms with Gasteiger partial charge < -0.3 is 10.2 Å². The van der Waals surface area contributed by atoms with E-state index in [0.29, 0.717) is 13.1 Å². The van der Waals surface area contributed by atoms with Gasteiger partial charge >= 0.3 is 6.18 Å². The van der Waals surface area contributed by atoms with Crippen molar-refractivity contribution in [2.45, 2.75) is 30.6 Å². The number of amides is 1. The summed E-state index contributed by atoms with van der Waals surface area (Å²) in [5.74, 6) is 0.0350. The molecule has 1 fully saturated rings. The van der Waals surface area contributed by atoms with Crippen molar-refractivity contribution in [2.24, 2.45) is 0 Å². The first-order chi connectivity index (χ1) is 10.3. The van der Waals surface area contributed by atoms with Gasteiger partial charge in [-0.25, -0.2) is 0 Å². The molecule has 22 heavy (non-hydrogen) atoms. The van der Waals surface area contributed by atoms with Crippen molar-refractivity contribution in [3.05, 3.63) is 35.4 Å². The summed E-state index contributed by atoms with van der Waals surface area (Å²) in [4.78, 5) is 13.9. The van der Waals surface area contributed by atoms with Crippen LogP contribution >= 0.6 is 11.8 Å². The van der Waals surface area contributed by atoms with Crippen LogP contribution < -0.4 is 5.32 Å². The fraction of sp³-hybridized carbons (Fsp3) is 0.533. The van der Waals surface area contributed by atoms with Crippen molar-refractivity contribution in [1.82, 2.24) is 10.2 Å². The maximum Gasteiger partial charge on any atom is 0.416 e. The molecular formula is C15H19F3N2OS. The summed E-state index contributed by atoms with van der Waals surface area (Å²) in [5.41, 5.74) is 0.0602. The number of likely N-dealkylation sites (N-methyl/N-ethyl adjacent to an activating group) is 1. The Balaban J connectivity index is 2.16. The Morgan fingerprint density at radius 1 is 1.27 bits per heavy atom. The van der Waals surface area contributed by atoms with Gasteiger partial charge in [-0.1, -0.05) is 19.1 Å². The van der Waals surface area contributed by atoms with Crippen molar-refractivity contribution < 1.29 is 18.0 Å². The van der Waals surface area contributed by atoms with Crippen molar-refractivity contribution in [3.8, 4) is 0 Å². The second-order valence-electron chi connectivity index (χ2n) is 5.14. The number of nitrogens with one attached hydrogen (secondary N) is 1. The molecule has 1 saturated heterocycles. The van der Waals surface area contributed by atoms with E-state index in [1.165, 1.54) is 23.9 Å². The van der Waals surface area contributed by atoms with Gasteiger partial charge in [-0.15, -0.1) is 11.8 Å². The average molecular weight is 332 g/mol. The molecule has 0 spiro atoms. The molecule has 0 radical (unpaired) electrons. The number of rotatable bonds is 5. The Hall–Kier alpha value is -1.21. The zero-order valence-corrected chi connectivity index (χ0v) is 13.3. The first kappa shape index (κ1) is 17.1. The van der Waals surface area contributed by atoms with Crippen LogP contribution in [0.1, 0.15) is 30.3 Å². The summed E-state index contributed by atoms with van der Waals surface area (Å²) in [6.07, 6.45) is -4.34. The van der Waals surface area contributed by atoms with Crippen LogP contribution in [0.15, 0.2) is 24.3 Å². The van der Waals surface area contributed by atoms with Crippen LogP contribution in [0.5, 0.6) is 0 Å². The summed E-state index contributed by atoms with van der Waals surface area (Å²) in [6.45, 7) is 5.85. The highest BCUT2D eigenvalue weighted by Gasteiger charge is 2.38. The summed E-state index contributed by atoms with van der Waals surface area (Å²) < 4.78 is 37.9. The first-order valence-corrected chi connectivity index (χ1v) is 8.12. The van der Waals surface area contributed by atoms with Crippen LogP contribution in [0.25, 0.3) is 0 Å². The zero-order chi connectivity index (χ0) is 16.3. The lowest BCUT2D eigenvalue weighted by Crippen LogP contribution is -2.36. The molecule has 1 aromatic rings. The number of carbonyl (C=O) groups is 1. The standard InChI is InChI=1S/C15H19F3N2OS/c1-3-19-8-9-20-13(21)10(2)22-14(20)11-4-6-12(7-5-11)15(16,17)18/h4-7,10,14,19H,3,8-9H2,1-2H3. The third-order valence-corrected chi connectivity index (χ3v) is 4.94. The van der Waals surface area contributed by atoms with E-state index in [-0.39, 0.29) is 16.5 Å². The number of alkyl halides is 3. The van der Waals surface area contributed by atoms with Crippen LogP contribution in [0.4, 0.5) is 13.2 Å². The maximum absolute atomic E-state index is 12.6. The van der Waals surface area contributed by atoms with Crippen LogP contribution in [0, 0.1) is 0 Å². The topological polar surface area (TPSA) is 32.3 Å². The molecule has 2 atom stereocenters. The third kappa shape index (κ3) is 3.76. The lowest BCUT2D eigenvalue weighted by molar-refractivity contribution is -0.137. The molecule has 0 aromatic heterocycles. The fourth-order valence-corrected chi connectivity index (χ4v) is 3.68. The average Bonchev–Trinajstić information content (AvgIpc) is 2.75.